The van der Waals surface area contributed by atoms with Crippen LogP contribution in [0.5, 0.6) is 0 Å². The molecule has 0 atom stereocenters. The van der Waals surface area contributed by atoms with Gasteiger partial charge < -0.3 is 0 Å². The number of hydrogen-bond acceptors (Lipinski definition) is 0. The van der Waals surface area contributed by atoms with E-state index in [-0.39, 0.29) is 0 Å². The quantitative estimate of drug-likeness (QED) is 0.506. The van der Waals surface area contributed by atoms with E-state index in [9.17, 15) is 0 Å². The zero-order chi connectivity index (χ0) is 8.49. The number of rotatable bonds is 0. The lowest BCUT2D eigenvalue weighted by atomic mass is 10.2. The van der Waals surface area contributed by atoms with Crippen LogP contribution in [0.1, 0.15) is 25.7 Å². The molecule has 1 rings (SSSR count). The molecule has 0 bridgehead atoms. The smallest absolute Gasteiger partial charge is 0.0163 e. The summed E-state index contributed by atoms with van der Waals surface area (Å²) in [6.07, 6.45) is 22.0. The van der Waals surface area contributed by atoms with Crippen LogP contribution in [0.2, 0.25) is 0 Å². The van der Waals surface area contributed by atoms with Crippen LogP contribution < -0.4 is 0 Å². The molecule has 12 heavy (non-hydrogen) atoms. The topological polar surface area (TPSA) is 0 Å². The standard InChI is InChI=1S/C12H16/c1-2-4-6-8-10-12-11-9-7-5-3-1/h1-4,7,9,11-12H,5-6,8,10H2/b3-1-,4-2?,9-7+,12-11-. The molecule has 0 saturated carbocycles. The Morgan fingerprint density at radius 2 is 1.08 bits per heavy atom. The third-order valence-corrected chi connectivity index (χ3v) is 1.78. The molecular formula is C12H16. The third kappa shape index (κ3) is 4.73. The van der Waals surface area contributed by atoms with Gasteiger partial charge in [-0.2, -0.15) is 0 Å². The Bertz CT molecular complexity index is 182. The van der Waals surface area contributed by atoms with Gasteiger partial charge in [-0.3, -0.25) is 0 Å². The van der Waals surface area contributed by atoms with Crippen LogP contribution in [0.3, 0.4) is 0 Å². The van der Waals surface area contributed by atoms with E-state index in [0.29, 0.717) is 0 Å². The summed E-state index contributed by atoms with van der Waals surface area (Å²) in [6.45, 7) is 0. The highest BCUT2D eigenvalue weighted by molar-refractivity contribution is 5.09. The van der Waals surface area contributed by atoms with Gasteiger partial charge in [0.2, 0.25) is 0 Å². The predicted molar refractivity (Wildman–Crippen MR) is 55.0 cm³/mol. The number of hydrogen-bond donors (Lipinski definition) is 0. The molecule has 0 aliphatic heterocycles. The molecule has 0 unspecified atom stereocenters. The third-order valence-electron chi connectivity index (χ3n) is 1.78. The molecule has 0 aromatic heterocycles. The second kappa shape index (κ2) is 6.66. The highest BCUT2D eigenvalue weighted by Gasteiger charge is 1.79. The zero-order valence-electron chi connectivity index (χ0n) is 7.45. The van der Waals surface area contributed by atoms with E-state index in [4.69, 9.17) is 0 Å². The summed E-state index contributed by atoms with van der Waals surface area (Å²) in [5, 5.41) is 0. The first kappa shape index (κ1) is 9.05. The molecule has 0 heterocycles. The lowest BCUT2D eigenvalue weighted by Gasteiger charge is -1.89. The van der Waals surface area contributed by atoms with Gasteiger partial charge in [0, 0.05) is 0 Å². The first-order chi connectivity index (χ1) is 6.00. The molecule has 0 N–H and O–H groups in total. The first-order valence-corrected chi connectivity index (χ1v) is 4.63. The zero-order valence-corrected chi connectivity index (χ0v) is 7.45. The van der Waals surface area contributed by atoms with Crippen molar-refractivity contribution in [1.82, 2.24) is 0 Å². The largest absolute Gasteiger partial charge is 0.0845 e. The molecule has 0 saturated heterocycles. The lowest BCUT2D eigenvalue weighted by Crippen LogP contribution is -1.69. The summed E-state index contributed by atoms with van der Waals surface area (Å²) in [5.41, 5.74) is 0. The molecule has 0 amide bonds. The second-order valence-electron chi connectivity index (χ2n) is 2.88. The fourth-order valence-electron chi connectivity index (χ4n) is 1.10. The van der Waals surface area contributed by atoms with Gasteiger partial charge >= 0.3 is 0 Å². The van der Waals surface area contributed by atoms with Crippen LogP contribution in [-0.4, -0.2) is 0 Å². The fraction of sp³-hybridized carbons (Fsp3) is 0.333. The van der Waals surface area contributed by atoms with Crippen molar-refractivity contribution in [2.75, 3.05) is 0 Å². The van der Waals surface area contributed by atoms with E-state index in [0.717, 1.165) is 6.42 Å². The van der Waals surface area contributed by atoms with Crippen molar-refractivity contribution in [3.63, 3.8) is 0 Å². The Hall–Kier alpha value is -1.04. The maximum atomic E-state index is 2.23. The van der Waals surface area contributed by atoms with Crippen LogP contribution in [0.15, 0.2) is 48.6 Å². The normalized spacial score (nSPS) is 26.7. The number of allylic oxidation sites excluding steroid dienone is 8. The molecular weight excluding hydrogens is 144 g/mol. The van der Waals surface area contributed by atoms with Crippen LogP contribution >= 0.6 is 0 Å². The Labute approximate surface area is 75.0 Å². The summed E-state index contributed by atoms with van der Waals surface area (Å²) >= 11 is 0. The van der Waals surface area contributed by atoms with Crippen molar-refractivity contribution in [2.24, 2.45) is 0 Å². The molecule has 64 valence electrons. The molecule has 0 nitrogen and oxygen atoms in total. The van der Waals surface area contributed by atoms with E-state index in [1.54, 1.807) is 0 Å². The molecule has 0 aromatic rings. The summed E-state index contributed by atoms with van der Waals surface area (Å²) in [4.78, 5) is 0. The minimum Gasteiger partial charge on any atom is -0.0845 e. The molecule has 1 aliphatic carbocycles. The summed E-state index contributed by atoms with van der Waals surface area (Å²) in [7, 11) is 0. The highest BCUT2D eigenvalue weighted by Crippen LogP contribution is 2.00. The van der Waals surface area contributed by atoms with E-state index < -0.39 is 0 Å². The summed E-state index contributed by atoms with van der Waals surface area (Å²) < 4.78 is 0. The van der Waals surface area contributed by atoms with E-state index >= 15 is 0 Å². The predicted octanol–water partition coefficient (Wildman–Crippen LogP) is 3.79. The SMILES string of the molecule is C1=CCCC/C=C\C=C\C/C=C\1. The average molecular weight is 160 g/mol. The van der Waals surface area contributed by atoms with Crippen molar-refractivity contribution in [3.8, 4) is 0 Å². The van der Waals surface area contributed by atoms with Crippen molar-refractivity contribution >= 4 is 0 Å². The van der Waals surface area contributed by atoms with Crippen LogP contribution in [0.4, 0.5) is 0 Å². The summed E-state index contributed by atoms with van der Waals surface area (Å²) in [6, 6.07) is 0. The Morgan fingerprint density at radius 3 is 1.67 bits per heavy atom. The van der Waals surface area contributed by atoms with Crippen molar-refractivity contribution < 1.29 is 0 Å². The highest BCUT2D eigenvalue weighted by atomic mass is 13.9. The van der Waals surface area contributed by atoms with Gasteiger partial charge in [-0.15, -0.1) is 0 Å². The molecule has 0 spiro atoms. The van der Waals surface area contributed by atoms with Crippen LogP contribution in [0, 0.1) is 0 Å². The maximum absolute atomic E-state index is 2.23. The van der Waals surface area contributed by atoms with Crippen molar-refractivity contribution in [1.29, 1.82) is 0 Å². The van der Waals surface area contributed by atoms with E-state index in [1.165, 1.54) is 19.3 Å². The van der Waals surface area contributed by atoms with Gasteiger partial charge in [0.05, 0.1) is 0 Å². The van der Waals surface area contributed by atoms with Gasteiger partial charge in [-0.1, -0.05) is 48.6 Å². The lowest BCUT2D eigenvalue weighted by molar-refractivity contribution is 0.868. The van der Waals surface area contributed by atoms with Crippen molar-refractivity contribution in [3.05, 3.63) is 48.6 Å². The fourth-order valence-corrected chi connectivity index (χ4v) is 1.10. The van der Waals surface area contributed by atoms with Gasteiger partial charge in [0.25, 0.3) is 0 Å². The molecule has 1 aliphatic rings. The maximum Gasteiger partial charge on any atom is -0.0163 e. The van der Waals surface area contributed by atoms with Crippen molar-refractivity contribution in [2.45, 2.75) is 25.7 Å². The molecule has 0 fully saturated rings. The minimum atomic E-state index is 1.04. The minimum absolute atomic E-state index is 1.04. The van der Waals surface area contributed by atoms with E-state index in [1.807, 2.05) is 0 Å². The van der Waals surface area contributed by atoms with Crippen LogP contribution in [0.25, 0.3) is 0 Å². The Balaban J connectivity index is 2.42. The molecule has 0 aromatic carbocycles. The second-order valence-corrected chi connectivity index (χ2v) is 2.88. The summed E-state index contributed by atoms with van der Waals surface area (Å²) in [5.74, 6) is 0. The van der Waals surface area contributed by atoms with Crippen LogP contribution in [-0.2, 0) is 0 Å². The molecule has 0 heteroatoms. The van der Waals surface area contributed by atoms with Gasteiger partial charge in [0.15, 0.2) is 0 Å². The average Bonchev–Trinajstić information content (AvgIpc) is 2.05. The first-order valence-electron chi connectivity index (χ1n) is 4.63. The van der Waals surface area contributed by atoms with Gasteiger partial charge in [-0.25, -0.2) is 0 Å². The van der Waals surface area contributed by atoms with Gasteiger partial charge in [-0.05, 0) is 25.7 Å². The Morgan fingerprint density at radius 1 is 0.583 bits per heavy atom. The Kier molecular flexibility index (Phi) is 5.02. The monoisotopic (exact) mass is 160 g/mol. The molecule has 0 radical (unpaired) electrons. The van der Waals surface area contributed by atoms with E-state index in [2.05, 4.69) is 48.6 Å². The van der Waals surface area contributed by atoms with Gasteiger partial charge in [0.1, 0.15) is 0 Å².